The number of fused-ring (bicyclic) bond motifs is 1. The Morgan fingerprint density at radius 3 is 2.41 bits per heavy atom. The second-order valence-electron chi connectivity index (χ2n) is 7.21. The Morgan fingerprint density at radius 1 is 0.852 bits per heavy atom. The first-order chi connectivity index (χ1) is 13.3. The largest absolute Gasteiger partial charge is 0.490 e. The molecule has 4 nitrogen and oxygen atoms in total. The predicted octanol–water partition coefficient (Wildman–Crippen LogP) is 3.94. The number of hydrogen-bond acceptors (Lipinski definition) is 3. The monoisotopic (exact) mass is 362 g/mol. The molecular formula is C23H26N2O2. The lowest BCUT2D eigenvalue weighted by atomic mass is 10.1. The third kappa shape index (κ3) is 4.40. The van der Waals surface area contributed by atoms with Gasteiger partial charge in [0.15, 0.2) is 0 Å². The summed E-state index contributed by atoms with van der Waals surface area (Å²) in [5, 5.41) is 1.12. The van der Waals surface area contributed by atoms with Crippen molar-refractivity contribution in [2.75, 3.05) is 19.6 Å². The number of ether oxygens (including phenoxy) is 1. The van der Waals surface area contributed by atoms with Crippen molar-refractivity contribution >= 4 is 10.9 Å². The van der Waals surface area contributed by atoms with Crippen molar-refractivity contribution in [2.45, 2.75) is 31.9 Å². The quantitative estimate of drug-likeness (QED) is 0.666. The molecule has 4 rings (SSSR count). The summed E-state index contributed by atoms with van der Waals surface area (Å²) < 4.78 is 7.97. The van der Waals surface area contributed by atoms with Gasteiger partial charge < -0.3 is 14.2 Å². The van der Waals surface area contributed by atoms with Crippen molar-refractivity contribution in [3.8, 4) is 5.75 Å². The second-order valence-corrected chi connectivity index (χ2v) is 7.21. The minimum atomic E-state index is 0.0867. The Hall–Kier alpha value is -2.59. The van der Waals surface area contributed by atoms with Crippen LogP contribution in [0.4, 0.5) is 0 Å². The van der Waals surface area contributed by atoms with E-state index < -0.39 is 0 Å². The molecule has 1 aliphatic heterocycles. The maximum atomic E-state index is 12.3. The van der Waals surface area contributed by atoms with Crippen molar-refractivity contribution in [2.24, 2.45) is 0 Å². The van der Waals surface area contributed by atoms with Gasteiger partial charge in [-0.1, -0.05) is 36.4 Å². The van der Waals surface area contributed by atoms with E-state index in [1.807, 2.05) is 59.2 Å². The summed E-state index contributed by atoms with van der Waals surface area (Å²) in [6.07, 6.45) is 3.41. The summed E-state index contributed by atoms with van der Waals surface area (Å²) in [5.74, 6) is 0.964. The average Bonchev–Trinajstić information content (AvgIpc) is 2.72. The lowest BCUT2D eigenvalue weighted by Gasteiger charge is -2.32. The van der Waals surface area contributed by atoms with E-state index in [1.165, 1.54) is 0 Å². The molecule has 0 unspecified atom stereocenters. The lowest BCUT2D eigenvalue weighted by Crippen LogP contribution is -2.39. The summed E-state index contributed by atoms with van der Waals surface area (Å²) in [5.41, 5.74) is 1.11. The first-order valence-corrected chi connectivity index (χ1v) is 9.82. The first kappa shape index (κ1) is 17.8. The number of aryl methyl sites for hydroxylation is 1. The third-order valence-electron chi connectivity index (χ3n) is 5.34. The smallest absolute Gasteiger partial charge is 0.251 e. The van der Waals surface area contributed by atoms with Crippen LogP contribution < -0.4 is 10.3 Å². The molecule has 0 spiro atoms. The average molecular weight is 362 g/mol. The first-order valence-electron chi connectivity index (χ1n) is 9.82. The van der Waals surface area contributed by atoms with Gasteiger partial charge >= 0.3 is 0 Å². The maximum Gasteiger partial charge on any atom is 0.251 e. The number of aromatic nitrogens is 1. The number of nitrogens with zero attached hydrogens (tertiary/aromatic N) is 2. The number of pyridine rings is 1. The van der Waals surface area contributed by atoms with Gasteiger partial charge in [-0.15, -0.1) is 0 Å². The zero-order valence-corrected chi connectivity index (χ0v) is 15.6. The fourth-order valence-corrected chi connectivity index (χ4v) is 3.87. The highest BCUT2D eigenvalue weighted by Crippen LogP contribution is 2.19. The van der Waals surface area contributed by atoms with Crippen LogP contribution in [0.15, 0.2) is 71.5 Å². The molecule has 3 aromatic rings. The fourth-order valence-electron chi connectivity index (χ4n) is 3.87. The van der Waals surface area contributed by atoms with Gasteiger partial charge in [-0.25, -0.2) is 0 Å². The number of benzene rings is 2. The number of rotatable bonds is 6. The number of hydrogen-bond donors (Lipinski definition) is 0. The zero-order chi connectivity index (χ0) is 18.5. The molecule has 0 N–H and O–H groups in total. The van der Waals surface area contributed by atoms with Gasteiger partial charge in [0.05, 0.1) is 5.52 Å². The Kier molecular flexibility index (Phi) is 5.54. The Bertz CT molecular complexity index is 928. The molecule has 4 heteroatoms. The van der Waals surface area contributed by atoms with Crippen molar-refractivity contribution in [1.82, 2.24) is 9.47 Å². The van der Waals surface area contributed by atoms with E-state index in [0.717, 1.165) is 62.1 Å². The molecule has 27 heavy (non-hydrogen) atoms. The van der Waals surface area contributed by atoms with Gasteiger partial charge in [-0.3, -0.25) is 4.79 Å². The third-order valence-corrected chi connectivity index (χ3v) is 5.34. The van der Waals surface area contributed by atoms with Crippen molar-refractivity contribution < 1.29 is 4.74 Å². The molecule has 0 aliphatic carbocycles. The van der Waals surface area contributed by atoms with E-state index in [0.29, 0.717) is 6.10 Å². The molecule has 2 heterocycles. The van der Waals surface area contributed by atoms with Crippen LogP contribution in [0.2, 0.25) is 0 Å². The Morgan fingerprint density at radius 2 is 1.59 bits per heavy atom. The molecule has 2 aromatic carbocycles. The Balaban J connectivity index is 1.28. The van der Waals surface area contributed by atoms with Crippen LogP contribution in [-0.4, -0.2) is 35.2 Å². The van der Waals surface area contributed by atoms with Crippen molar-refractivity contribution in [3.63, 3.8) is 0 Å². The topological polar surface area (TPSA) is 34.5 Å². The van der Waals surface area contributed by atoms with E-state index in [1.54, 1.807) is 6.07 Å². The lowest BCUT2D eigenvalue weighted by molar-refractivity contribution is 0.0992. The SMILES string of the molecule is O=c1ccc2ccccc2n1CCCN1CCC(Oc2ccccc2)CC1. The van der Waals surface area contributed by atoms with Crippen LogP contribution in [0.5, 0.6) is 5.75 Å². The van der Waals surface area contributed by atoms with Gasteiger partial charge in [-0.05, 0) is 55.5 Å². The summed E-state index contributed by atoms with van der Waals surface area (Å²) >= 11 is 0. The zero-order valence-electron chi connectivity index (χ0n) is 15.6. The van der Waals surface area contributed by atoms with Gasteiger partial charge in [0.1, 0.15) is 11.9 Å². The standard InChI is InChI=1S/C23H26N2O2/c26-23-12-11-19-7-4-5-10-22(19)25(23)16-6-15-24-17-13-21(14-18-24)27-20-8-2-1-3-9-20/h1-5,7-12,21H,6,13-18H2. The van der Waals surface area contributed by atoms with Crippen LogP contribution in [0, 0.1) is 0 Å². The molecule has 0 atom stereocenters. The predicted molar refractivity (Wildman–Crippen MR) is 109 cm³/mol. The molecule has 1 aromatic heterocycles. The van der Waals surface area contributed by atoms with Crippen LogP contribution in [-0.2, 0) is 6.54 Å². The summed E-state index contributed by atoms with van der Waals surface area (Å²) in [6, 6.07) is 21.8. The molecular weight excluding hydrogens is 336 g/mol. The molecule has 140 valence electrons. The second kappa shape index (κ2) is 8.40. The van der Waals surface area contributed by atoms with Crippen LogP contribution >= 0.6 is 0 Å². The van der Waals surface area contributed by atoms with Crippen molar-refractivity contribution in [1.29, 1.82) is 0 Å². The van der Waals surface area contributed by atoms with Crippen LogP contribution in [0.1, 0.15) is 19.3 Å². The van der Waals surface area contributed by atoms with Gasteiger partial charge in [0.2, 0.25) is 0 Å². The van der Waals surface area contributed by atoms with Gasteiger partial charge in [0, 0.05) is 25.7 Å². The summed E-state index contributed by atoms with van der Waals surface area (Å²) in [6.45, 7) is 3.90. The number of likely N-dealkylation sites (tertiary alicyclic amines) is 1. The molecule has 1 aliphatic rings. The van der Waals surface area contributed by atoms with E-state index in [2.05, 4.69) is 11.0 Å². The molecule has 1 fully saturated rings. The fraction of sp³-hybridized carbons (Fsp3) is 0.348. The summed E-state index contributed by atoms with van der Waals surface area (Å²) in [4.78, 5) is 14.8. The van der Waals surface area contributed by atoms with Crippen molar-refractivity contribution in [3.05, 3.63) is 77.1 Å². The van der Waals surface area contributed by atoms with E-state index >= 15 is 0 Å². The minimum Gasteiger partial charge on any atom is -0.490 e. The highest BCUT2D eigenvalue weighted by molar-refractivity contribution is 5.78. The summed E-state index contributed by atoms with van der Waals surface area (Å²) in [7, 11) is 0. The number of piperidine rings is 1. The molecule has 0 amide bonds. The van der Waals surface area contributed by atoms with Gasteiger partial charge in [-0.2, -0.15) is 0 Å². The van der Waals surface area contributed by atoms with Crippen LogP contribution in [0.25, 0.3) is 10.9 Å². The van der Waals surface area contributed by atoms with E-state index in [-0.39, 0.29) is 5.56 Å². The maximum absolute atomic E-state index is 12.3. The number of para-hydroxylation sites is 2. The Labute approximate surface area is 160 Å². The van der Waals surface area contributed by atoms with E-state index in [4.69, 9.17) is 4.74 Å². The highest BCUT2D eigenvalue weighted by atomic mass is 16.5. The van der Waals surface area contributed by atoms with E-state index in [9.17, 15) is 4.79 Å². The minimum absolute atomic E-state index is 0.0867. The normalized spacial score (nSPS) is 15.9. The van der Waals surface area contributed by atoms with Crippen LogP contribution in [0.3, 0.4) is 0 Å². The molecule has 0 bridgehead atoms. The molecule has 0 saturated carbocycles. The van der Waals surface area contributed by atoms with Gasteiger partial charge in [0.25, 0.3) is 5.56 Å². The molecule has 0 radical (unpaired) electrons. The highest BCUT2D eigenvalue weighted by Gasteiger charge is 2.20. The molecule has 1 saturated heterocycles.